The Hall–Kier alpha value is -1.90. The second-order valence-electron chi connectivity index (χ2n) is 5.92. The highest BCUT2D eigenvalue weighted by Gasteiger charge is 2.24. The van der Waals surface area contributed by atoms with E-state index in [0.717, 1.165) is 0 Å². The predicted octanol–water partition coefficient (Wildman–Crippen LogP) is 2.97. The Kier molecular flexibility index (Phi) is 6.44. The fourth-order valence-corrected chi connectivity index (χ4v) is 5.55. The molecule has 8 heteroatoms. The Bertz CT molecular complexity index is 952. The summed E-state index contributed by atoms with van der Waals surface area (Å²) in [4.78, 5) is 0.112. The third-order valence-corrected chi connectivity index (χ3v) is 7.44. The molecule has 0 fully saturated rings. The van der Waals surface area contributed by atoms with E-state index in [-0.39, 0.29) is 16.3 Å². The van der Waals surface area contributed by atoms with Crippen molar-refractivity contribution in [3.63, 3.8) is 0 Å². The van der Waals surface area contributed by atoms with Gasteiger partial charge in [0.1, 0.15) is 0 Å². The van der Waals surface area contributed by atoms with E-state index in [1.807, 2.05) is 6.07 Å². The number of anilines is 1. The van der Waals surface area contributed by atoms with Crippen LogP contribution in [0.3, 0.4) is 0 Å². The normalized spacial score (nSPS) is 12.3. The van der Waals surface area contributed by atoms with E-state index >= 15 is 0 Å². The summed E-state index contributed by atoms with van der Waals surface area (Å²) in [5.41, 5.74) is 1.46. The maximum absolute atomic E-state index is 12.8. The second-order valence-corrected chi connectivity index (χ2v) is 9.55. The predicted molar refractivity (Wildman–Crippen MR) is 104 cm³/mol. The summed E-state index contributed by atoms with van der Waals surface area (Å²) in [7, 11) is -7.32. The standard InChI is InChI=1S/C18H24N2O4S2/c1-4-20(5-2)26(23,24)18-13-17(12-11-15(18)3)19-25(21,22)14-16-9-7-6-8-10-16/h6-13,19H,4-5,14H2,1-3H3. The lowest BCUT2D eigenvalue weighted by molar-refractivity contribution is 0.445. The summed E-state index contributed by atoms with van der Waals surface area (Å²) < 4.78 is 54.1. The lowest BCUT2D eigenvalue weighted by Crippen LogP contribution is -2.31. The minimum Gasteiger partial charge on any atom is -0.283 e. The Morgan fingerprint density at radius 1 is 0.923 bits per heavy atom. The molecule has 2 aromatic rings. The van der Waals surface area contributed by atoms with Crippen molar-refractivity contribution >= 4 is 25.7 Å². The Morgan fingerprint density at radius 2 is 1.54 bits per heavy atom. The maximum atomic E-state index is 12.8. The van der Waals surface area contributed by atoms with E-state index in [1.54, 1.807) is 57.2 Å². The number of nitrogens with zero attached hydrogens (tertiary/aromatic N) is 1. The van der Waals surface area contributed by atoms with Crippen LogP contribution in [0.2, 0.25) is 0 Å². The van der Waals surface area contributed by atoms with Crippen molar-refractivity contribution in [2.75, 3.05) is 17.8 Å². The molecule has 0 bridgehead atoms. The third kappa shape index (κ3) is 4.84. The molecule has 0 aromatic heterocycles. The largest absolute Gasteiger partial charge is 0.283 e. The minimum absolute atomic E-state index is 0.112. The number of hydrogen-bond acceptors (Lipinski definition) is 4. The first-order valence-electron chi connectivity index (χ1n) is 8.35. The summed E-state index contributed by atoms with van der Waals surface area (Å²) in [6, 6.07) is 13.4. The average Bonchev–Trinajstić information content (AvgIpc) is 2.57. The highest BCUT2D eigenvalue weighted by atomic mass is 32.2. The Morgan fingerprint density at radius 3 is 2.12 bits per heavy atom. The number of nitrogens with one attached hydrogen (secondary N) is 1. The van der Waals surface area contributed by atoms with Gasteiger partial charge in [-0.1, -0.05) is 50.2 Å². The van der Waals surface area contributed by atoms with Crippen LogP contribution in [-0.4, -0.2) is 34.2 Å². The second kappa shape index (κ2) is 8.20. The molecule has 0 atom stereocenters. The molecule has 142 valence electrons. The van der Waals surface area contributed by atoms with E-state index in [0.29, 0.717) is 24.2 Å². The van der Waals surface area contributed by atoms with E-state index in [1.165, 1.54) is 10.4 Å². The molecule has 0 aliphatic carbocycles. The minimum atomic E-state index is -3.67. The van der Waals surface area contributed by atoms with Crippen molar-refractivity contribution in [2.45, 2.75) is 31.4 Å². The Labute approximate surface area is 156 Å². The van der Waals surface area contributed by atoms with Crippen molar-refractivity contribution in [3.8, 4) is 0 Å². The third-order valence-electron chi connectivity index (χ3n) is 3.98. The first-order valence-corrected chi connectivity index (χ1v) is 11.4. The van der Waals surface area contributed by atoms with Crippen LogP contribution in [0.4, 0.5) is 5.69 Å². The van der Waals surface area contributed by atoms with Crippen LogP contribution >= 0.6 is 0 Å². The fraction of sp³-hybridized carbons (Fsp3) is 0.333. The first kappa shape index (κ1) is 20.4. The molecule has 0 aliphatic rings. The van der Waals surface area contributed by atoms with Gasteiger partial charge in [-0.2, -0.15) is 4.31 Å². The van der Waals surface area contributed by atoms with Gasteiger partial charge in [0.15, 0.2) is 0 Å². The first-order chi connectivity index (χ1) is 12.2. The van der Waals surface area contributed by atoms with Gasteiger partial charge >= 0.3 is 0 Å². The summed E-state index contributed by atoms with van der Waals surface area (Å²) in [6.07, 6.45) is 0. The molecule has 2 aromatic carbocycles. The molecule has 0 amide bonds. The molecule has 26 heavy (non-hydrogen) atoms. The van der Waals surface area contributed by atoms with E-state index < -0.39 is 20.0 Å². The van der Waals surface area contributed by atoms with E-state index in [2.05, 4.69) is 4.72 Å². The zero-order chi connectivity index (χ0) is 19.4. The van der Waals surface area contributed by atoms with Crippen molar-refractivity contribution in [1.29, 1.82) is 0 Å². The molecular weight excluding hydrogens is 372 g/mol. The van der Waals surface area contributed by atoms with E-state index in [9.17, 15) is 16.8 Å². The molecule has 0 aliphatic heterocycles. The molecule has 0 radical (unpaired) electrons. The van der Waals surface area contributed by atoms with Gasteiger partial charge in [-0.25, -0.2) is 16.8 Å². The smallest absolute Gasteiger partial charge is 0.243 e. The zero-order valence-electron chi connectivity index (χ0n) is 15.1. The van der Waals surface area contributed by atoms with Crippen molar-refractivity contribution in [1.82, 2.24) is 4.31 Å². The summed E-state index contributed by atoms with van der Waals surface area (Å²) in [5.74, 6) is -0.181. The quantitative estimate of drug-likeness (QED) is 0.743. The van der Waals surface area contributed by atoms with Crippen LogP contribution in [0.25, 0.3) is 0 Å². The van der Waals surface area contributed by atoms with Crippen LogP contribution in [0, 0.1) is 6.92 Å². The fourth-order valence-electron chi connectivity index (χ4n) is 2.65. The number of aryl methyl sites for hydroxylation is 1. The van der Waals surface area contributed by atoms with Gasteiger partial charge in [-0.15, -0.1) is 0 Å². The molecule has 0 heterocycles. The Balaban J connectivity index is 2.32. The topological polar surface area (TPSA) is 83.6 Å². The van der Waals surface area contributed by atoms with Gasteiger partial charge < -0.3 is 0 Å². The van der Waals surface area contributed by atoms with E-state index in [4.69, 9.17) is 0 Å². The van der Waals surface area contributed by atoms with Crippen LogP contribution in [0.1, 0.15) is 25.0 Å². The van der Waals surface area contributed by atoms with Crippen LogP contribution in [0.5, 0.6) is 0 Å². The van der Waals surface area contributed by atoms with Crippen molar-refractivity contribution in [2.24, 2.45) is 0 Å². The average molecular weight is 397 g/mol. The number of hydrogen-bond donors (Lipinski definition) is 1. The van der Waals surface area contributed by atoms with Crippen LogP contribution in [0.15, 0.2) is 53.4 Å². The van der Waals surface area contributed by atoms with Crippen molar-refractivity contribution in [3.05, 3.63) is 59.7 Å². The van der Waals surface area contributed by atoms with Crippen molar-refractivity contribution < 1.29 is 16.8 Å². The van der Waals surface area contributed by atoms with Gasteiger partial charge in [-0.3, -0.25) is 4.72 Å². The highest BCUT2D eigenvalue weighted by molar-refractivity contribution is 7.92. The molecule has 2 rings (SSSR count). The summed E-state index contributed by atoms with van der Waals surface area (Å²) in [5, 5.41) is 0. The van der Waals surface area contributed by atoms with Gasteiger partial charge in [-0.05, 0) is 30.2 Å². The number of sulfonamides is 2. The number of benzene rings is 2. The zero-order valence-corrected chi connectivity index (χ0v) is 16.8. The van der Waals surface area contributed by atoms with Crippen LogP contribution < -0.4 is 4.72 Å². The molecular formula is C18H24N2O4S2. The molecule has 0 saturated heterocycles. The molecule has 0 spiro atoms. The lowest BCUT2D eigenvalue weighted by atomic mass is 10.2. The van der Waals surface area contributed by atoms with Gasteiger partial charge in [0, 0.05) is 18.8 Å². The molecule has 0 unspecified atom stereocenters. The van der Waals surface area contributed by atoms with Gasteiger partial charge in [0.05, 0.1) is 10.6 Å². The molecule has 1 N–H and O–H groups in total. The maximum Gasteiger partial charge on any atom is 0.243 e. The lowest BCUT2D eigenvalue weighted by Gasteiger charge is -2.20. The molecule has 6 nitrogen and oxygen atoms in total. The summed E-state index contributed by atoms with van der Waals surface area (Å²) >= 11 is 0. The van der Waals surface area contributed by atoms with Crippen LogP contribution in [-0.2, 0) is 25.8 Å². The van der Waals surface area contributed by atoms with Gasteiger partial charge in [0.2, 0.25) is 20.0 Å². The van der Waals surface area contributed by atoms with Gasteiger partial charge in [0.25, 0.3) is 0 Å². The summed E-state index contributed by atoms with van der Waals surface area (Å²) in [6.45, 7) is 5.93. The monoisotopic (exact) mass is 396 g/mol. The highest BCUT2D eigenvalue weighted by Crippen LogP contribution is 2.24. The number of rotatable bonds is 8. The molecule has 0 saturated carbocycles. The SMILES string of the molecule is CCN(CC)S(=O)(=O)c1cc(NS(=O)(=O)Cc2ccccc2)ccc1C.